The number of nitrogens with zero attached hydrogens (tertiary/aromatic N) is 3. The Morgan fingerprint density at radius 3 is 2.76 bits per heavy atom. The minimum Gasteiger partial charge on any atom is -0.394 e. The van der Waals surface area contributed by atoms with Gasteiger partial charge in [-0.3, -0.25) is 0 Å². The van der Waals surface area contributed by atoms with Crippen molar-refractivity contribution in [3.8, 4) is 0 Å². The van der Waals surface area contributed by atoms with E-state index in [1.807, 2.05) is 11.6 Å². The molecule has 5 heteroatoms. The first-order valence-electron chi connectivity index (χ1n) is 6.28. The van der Waals surface area contributed by atoms with Crippen LogP contribution < -0.4 is 10.6 Å². The fraction of sp³-hybridized carbons (Fsp3) is 0.750. The van der Waals surface area contributed by atoms with E-state index in [9.17, 15) is 0 Å². The van der Waals surface area contributed by atoms with Crippen molar-refractivity contribution >= 4 is 11.5 Å². The predicted octanol–water partition coefficient (Wildman–Crippen LogP) is 1.58. The Labute approximate surface area is 103 Å². The van der Waals surface area contributed by atoms with Crippen LogP contribution in [0.25, 0.3) is 0 Å². The molecule has 0 aromatic carbocycles. The Hall–Kier alpha value is -1.23. The average molecular weight is 238 g/mol. The van der Waals surface area contributed by atoms with Crippen LogP contribution >= 0.6 is 0 Å². The number of anilines is 2. The van der Waals surface area contributed by atoms with Crippen molar-refractivity contribution in [3.05, 3.63) is 5.69 Å². The molecule has 2 N–H and O–H groups in total. The molecule has 2 rings (SSSR count). The molecule has 1 fully saturated rings. The highest BCUT2D eigenvalue weighted by Gasteiger charge is 2.21. The molecule has 1 saturated heterocycles. The summed E-state index contributed by atoms with van der Waals surface area (Å²) in [6.45, 7) is 9.70. The summed E-state index contributed by atoms with van der Waals surface area (Å²) < 4.78 is 7.50. The van der Waals surface area contributed by atoms with E-state index < -0.39 is 0 Å². The van der Waals surface area contributed by atoms with Crippen molar-refractivity contribution in [2.45, 2.75) is 33.2 Å². The molecule has 0 atom stereocenters. The van der Waals surface area contributed by atoms with Gasteiger partial charge in [-0.15, -0.1) is 0 Å². The summed E-state index contributed by atoms with van der Waals surface area (Å²) in [6, 6.07) is 0.324. The van der Waals surface area contributed by atoms with E-state index in [1.54, 1.807) is 0 Å². The summed E-state index contributed by atoms with van der Waals surface area (Å²) in [6.07, 6.45) is 1.04. The molecule has 2 heterocycles. The van der Waals surface area contributed by atoms with Crippen molar-refractivity contribution in [2.75, 3.05) is 36.9 Å². The first-order valence-corrected chi connectivity index (χ1v) is 6.28. The second-order valence-corrected chi connectivity index (χ2v) is 4.81. The molecule has 0 radical (unpaired) electrons. The Morgan fingerprint density at radius 2 is 2.06 bits per heavy atom. The van der Waals surface area contributed by atoms with Crippen LogP contribution in [0.1, 0.15) is 32.0 Å². The van der Waals surface area contributed by atoms with Gasteiger partial charge in [0, 0.05) is 25.7 Å². The van der Waals surface area contributed by atoms with Gasteiger partial charge in [-0.05, 0) is 27.2 Å². The summed E-state index contributed by atoms with van der Waals surface area (Å²) >= 11 is 0. The number of ether oxygens (including phenoxy) is 1. The molecule has 17 heavy (non-hydrogen) atoms. The maximum atomic E-state index is 6.16. The molecular formula is C12H22N4O. The number of aryl methyl sites for hydroxylation is 1. The van der Waals surface area contributed by atoms with Gasteiger partial charge in [-0.1, -0.05) is 0 Å². The van der Waals surface area contributed by atoms with Crippen LogP contribution in [0.15, 0.2) is 0 Å². The normalized spacial score (nSPS) is 17.5. The quantitative estimate of drug-likeness (QED) is 0.850. The van der Waals surface area contributed by atoms with E-state index in [2.05, 4.69) is 23.8 Å². The lowest BCUT2D eigenvalue weighted by Gasteiger charge is -2.24. The molecule has 5 nitrogen and oxygen atoms in total. The smallest absolute Gasteiger partial charge is 0.150 e. The number of aromatic nitrogens is 2. The maximum absolute atomic E-state index is 6.16. The van der Waals surface area contributed by atoms with Crippen LogP contribution in [0.5, 0.6) is 0 Å². The van der Waals surface area contributed by atoms with E-state index in [4.69, 9.17) is 10.5 Å². The SMILES string of the molecule is Cc1nn(C(C)C)c(N2CCCOCC2)c1N. The highest BCUT2D eigenvalue weighted by molar-refractivity contribution is 5.66. The summed E-state index contributed by atoms with van der Waals surface area (Å²) in [7, 11) is 0. The third-order valence-corrected chi connectivity index (χ3v) is 3.12. The lowest BCUT2D eigenvalue weighted by molar-refractivity contribution is 0.152. The minimum atomic E-state index is 0.324. The molecule has 0 unspecified atom stereocenters. The fourth-order valence-electron chi connectivity index (χ4n) is 2.18. The molecule has 96 valence electrons. The summed E-state index contributed by atoms with van der Waals surface area (Å²) in [5.74, 6) is 1.06. The van der Waals surface area contributed by atoms with Gasteiger partial charge < -0.3 is 15.4 Å². The number of rotatable bonds is 2. The summed E-state index contributed by atoms with van der Waals surface area (Å²) in [5, 5.41) is 4.52. The third-order valence-electron chi connectivity index (χ3n) is 3.12. The Balaban J connectivity index is 2.34. The van der Waals surface area contributed by atoms with Crippen molar-refractivity contribution in [2.24, 2.45) is 0 Å². The fourth-order valence-corrected chi connectivity index (χ4v) is 2.18. The number of hydrogen-bond acceptors (Lipinski definition) is 4. The molecule has 0 aliphatic carbocycles. The van der Waals surface area contributed by atoms with E-state index in [0.717, 1.165) is 49.9 Å². The van der Waals surface area contributed by atoms with Gasteiger partial charge >= 0.3 is 0 Å². The zero-order chi connectivity index (χ0) is 12.4. The molecule has 1 aliphatic heterocycles. The van der Waals surface area contributed by atoms with Crippen molar-refractivity contribution in [1.82, 2.24) is 9.78 Å². The monoisotopic (exact) mass is 238 g/mol. The lowest BCUT2D eigenvalue weighted by Crippen LogP contribution is -2.29. The Morgan fingerprint density at radius 1 is 1.29 bits per heavy atom. The van der Waals surface area contributed by atoms with Gasteiger partial charge in [-0.25, -0.2) is 4.68 Å². The zero-order valence-corrected chi connectivity index (χ0v) is 10.9. The Kier molecular flexibility index (Phi) is 3.57. The average Bonchev–Trinajstić information content (AvgIpc) is 2.51. The van der Waals surface area contributed by atoms with E-state index in [1.165, 1.54) is 0 Å². The van der Waals surface area contributed by atoms with Crippen LogP contribution in [0.2, 0.25) is 0 Å². The number of nitrogens with two attached hydrogens (primary N) is 1. The van der Waals surface area contributed by atoms with Gasteiger partial charge in [0.05, 0.1) is 18.0 Å². The largest absolute Gasteiger partial charge is 0.394 e. The molecule has 0 spiro atoms. The molecule has 1 aromatic rings. The second kappa shape index (κ2) is 4.96. The predicted molar refractivity (Wildman–Crippen MR) is 69.4 cm³/mol. The minimum absolute atomic E-state index is 0.324. The third kappa shape index (κ3) is 2.39. The number of hydrogen-bond donors (Lipinski definition) is 1. The molecule has 0 saturated carbocycles. The van der Waals surface area contributed by atoms with Crippen molar-refractivity contribution < 1.29 is 4.74 Å². The van der Waals surface area contributed by atoms with Gasteiger partial charge in [0.1, 0.15) is 0 Å². The Bertz CT molecular complexity index is 378. The van der Waals surface area contributed by atoms with E-state index >= 15 is 0 Å². The zero-order valence-electron chi connectivity index (χ0n) is 10.9. The molecular weight excluding hydrogens is 216 g/mol. The van der Waals surface area contributed by atoms with Crippen LogP contribution in [0.4, 0.5) is 11.5 Å². The molecule has 1 aliphatic rings. The highest BCUT2D eigenvalue weighted by Crippen LogP contribution is 2.29. The van der Waals surface area contributed by atoms with Crippen molar-refractivity contribution in [1.29, 1.82) is 0 Å². The van der Waals surface area contributed by atoms with Crippen molar-refractivity contribution in [3.63, 3.8) is 0 Å². The van der Waals surface area contributed by atoms with E-state index in [-0.39, 0.29) is 0 Å². The van der Waals surface area contributed by atoms with Gasteiger partial charge in [0.2, 0.25) is 0 Å². The van der Waals surface area contributed by atoms with E-state index in [0.29, 0.717) is 6.04 Å². The maximum Gasteiger partial charge on any atom is 0.150 e. The molecule has 0 bridgehead atoms. The van der Waals surface area contributed by atoms with Crippen LogP contribution in [0, 0.1) is 6.92 Å². The first kappa shape index (κ1) is 12.2. The van der Waals surface area contributed by atoms with Crippen LogP contribution in [0.3, 0.4) is 0 Å². The van der Waals surface area contributed by atoms with Gasteiger partial charge in [0.15, 0.2) is 5.82 Å². The highest BCUT2D eigenvalue weighted by atomic mass is 16.5. The number of nitrogen functional groups attached to an aromatic ring is 1. The topological polar surface area (TPSA) is 56.3 Å². The summed E-state index contributed by atoms with van der Waals surface area (Å²) in [5.41, 5.74) is 7.88. The second-order valence-electron chi connectivity index (χ2n) is 4.81. The first-order chi connectivity index (χ1) is 8.11. The molecule has 1 aromatic heterocycles. The van der Waals surface area contributed by atoms with Crippen LogP contribution in [-0.4, -0.2) is 36.1 Å². The summed E-state index contributed by atoms with van der Waals surface area (Å²) in [4.78, 5) is 2.29. The van der Waals surface area contributed by atoms with Crippen LogP contribution in [-0.2, 0) is 4.74 Å². The molecule has 0 amide bonds. The standard InChI is InChI=1S/C12H22N4O/c1-9(2)16-12(11(13)10(3)14-16)15-5-4-7-17-8-6-15/h9H,4-8,13H2,1-3H3. The van der Waals surface area contributed by atoms with Gasteiger partial charge in [0.25, 0.3) is 0 Å². The van der Waals surface area contributed by atoms with Gasteiger partial charge in [-0.2, -0.15) is 5.10 Å². The lowest BCUT2D eigenvalue weighted by atomic mass is 10.3.